The molecule has 3 rings (SSSR count). The summed E-state index contributed by atoms with van der Waals surface area (Å²) in [5.74, 6) is 0.773. The lowest BCUT2D eigenvalue weighted by atomic mass is 9.95. The number of hydrogen-bond acceptors (Lipinski definition) is 4. The molecule has 0 saturated carbocycles. The lowest BCUT2D eigenvalue weighted by Gasteiger charge is -2.26. The SMILES string of the molecule is O=C(CCc1nc2ccccc2[nH]1)NCC1(O)CCCNCC1. The summed E-state index contributed by atoms with van der Waals surface area (Å²) in [4.78, 5) is 19.7. The van der Waals surface area contributed by atoms with Crippen molar-refractivity contribution in [1.82, 2.24) is 20.6 Å². The van der Waals surface area contributed by atoms with Gasteiger partial charge in [0.2, 0.25) is 5.91 Å². The zero-order valence-electron chi connectivity index (χ0n) is 13.3. The van der Waals surface area contributed by atoms with Gasteiger partial charge in [0.15, 0.2) is 0 Å². The Bertz CT molecular complexity index is 626. The van der Waals surface area contributed by atoms with Crippen LogP contribution in [0.5, 0.6) is 0 Å². The van der Waals surface area contributed by atoms with Crippen molar-refractivity contribution in [3.8, 4) is 0 Å². The number of H-pyrrole nitrogens is 1. The third kappa shape index (κ3) is 4.30. The van der Waals surface area contributed by atoms with E-state index in [0.29, 0.717) is 25.8 Å². The van der Waals surface area contributed by atoms with Crippen molar-refractivity contribution >= 4 is 16.9 Å². The Hall–Kier alpha value is -1.92. The van der Waals surface area contributed by atoms with Crippen LogP contribution in [0.3, 0.4) is 0 Å². The Labute approximate surface area is 135 Å². The molecule has 0 radical (unpaired) electrons. The lowest BCUT2D eigenvalue weighted by Crippen LogP contribution is -2.43. The first-order valence-electron chi connectivity index (χ1n) is 8.28. The maximum atomic E-state index is 12.0. The number of benzene rings is 1. The Morgan fingerprint density at radius 3 is 3.04 bits per heavy atom. The van der Waals surface area contributed by atoms with Crippen LogP contribution in [0.2, 0.25) is 0 Å². The molecule has 6 heteroatoms. The van der Waals surface area contributed by atoms with Crippen LogP contribution in [-0.2, 0) is 11.2 Å². The lowest BCUT2D eigenvalue weighted by molar-refractivity contribution is -0.122. The van der Waals surface area contributed by atoms with Crippen LogP contribution in [0.4, 0.5) is 0 Å². The predicted molar refractivity (Wildman–Crippen MR) is 89.1 cm³/mol. The molecule has 0 bridgehead atoms. The first kappa shape index (κ1) is 16.0. The molecule has 1 aromatic carbocycles. The summed E-state index contributed by atoms with van der Waals surface area (Å²) in [7, 11) is 0. The molecule has 0 aliphatic carbocycles. The monoisotopic (exact) mass is 316 g/mol. The molecule has 1 fully saturated rings. The second kappa shape index (κ2) is 7.10. The molecule has 2 heterocycles. The van der Waals surface area contributed by atoms with Gasteiger partial charge in [0.25, 0.3) is 0 Å². The van der Waals surface area contributed by atoms with Crippen LogP contribution in [0.1, 0.15) is 31.5 Å². The number of para-hydroxylation sites is 2. The molecule has 4 N–H and O–H groups in total. The van der Waals surface area contributed by atoms with Crippen molar-refractivity contribution < 1.29 is 9.90 Å². The predicted octanol–water partition coefficient (Wildman–Crippen LogP) is 1.12. The number of nitrogens with one attached hydrogen (secondary N) is 3. The maximum absolute atomic E-state index is 12.0. The molecular formula is C17H24N4O2. The Kier molecular flexibility index (Phi) is 4.93. The summed E-state index contributed by atoms with van der Waals surface area (Å²) in [6.45, 7) is 2.06. The normalized spacial score (nSPS) is 22.0. The number of amides is 1. The maximum Gasteiger partial charge on any atom is 0.220 e. The number of fused-ring (bicyclic) bond motifs is 1. The van der Waals surface area contributed by atoms with Gasteiger partial charge < -0.3 is 20.7 Å². The second-order valence-corrected chi connectivity index (χ2v) is 6.31. The van der Waals surface area contributed by atoms with Crippen LogP contribution in [-0.4, -0.2) is 46.2 Å². The number of hydrogen-bond donors (Lipinski definition) is 4. The van der Waals surface area contributed by atoms with Crippen molar-refractivity contribution in [1.29, 1.82) is 0 Å². The number of nitrogens with zero attached hydrogens (tertiary/aromatic N) is 1. The highest BCUT2D eigenvalue weighted by Gasteiger charge is 2.28. The van der Waals surface area contributed by atoms with Crippen LogP contribution in [0, 0.1) is 0 Å². The van der Waals surface area contributed by atoms with Gasteiger partial charge >= 0.3 is 0 Å². The van der Waals surface area contributed by atoms with Gasteiger partial charge in [-0.2, -0.15) is 0 Å². The van der Waals surface area contributed by atoms with Gasteiger partial charge in [0.05, 0.1) is 16.6 Å². The molecule has 124 valence electrons. The number of aliphatic hydroxyl groups is 1. The van der Waals surface area contributed by atoms with E-state index in [1.54, 1.807) is 0 Å². The molecule has 1 saturated heterocycles. The Balaban J connectivity index is 1.47. The molecule has 1 unspecified atom stereocenters. The molecule has 23 heavy (non-hydrogen) atoms. The molecular weight excluding hydrogens is 292 g/mol. The number of aromatic nitrogens is 2. The third-order valence-corrected chi connectivity index (χ3v) is 4.40. The van der Waals surface area contributed by atoms with Crippen LogP contribution in [0.15, 0.2) is 24.3 Å². The molecule has 1 atom stereocenters. The second-order valence-electron chi connectivity index (χ2n) is 6.31. The van der Waals surface area contributed by atoms with E-state index in [-0.39, 0.29) is 5.91 Å². The van der Waals surface area contributed by atoms with E-state index in [4.69, 9.17) is 0 Å². The van der Waals surface area contributed by atoms with Gasteiger partial charge in [-0.05, 0) is 44.5 Å². The van der Waals surface area contributed by atoms with Gasteiger partial charge in [-0.1, -0.05) is 12.1 Å². The molecule has 1 aromatic heterocycles. The number of rotatable bonds is 5. The number of carbonyl (C=O) groups excluding carboxylic acids is 1. The zero-order valence-corrected chi connectivity index (χ0v) is 13.3. The third-order valence-electron chi connectivity index (χ3n) is 4.40. The van der Waals surface area contributed by atoms with Gasteiger partial charge in [-0.25, -0.2) is 4.98 Å². The fraction of sp³-hybridized carbons (Fsp3) is 0.529. The van der Waals surface area contributed by atoms with Gasteiger partial charge in [-0.3, -0.25) is 4.79 Å². The van der Waals surface area contributed by atoms with Crippen LogP contribution in [0.25, 0.3) is 11.0 Å². The van der Waals surface area contributed by atoms with Crippen molar-refractivity contribution in [3.63, 3.8) is 0 Å². The largest absolute Gasteiger partial charge is 0.388 e. The zero-order chi connectivity index (χ0) is 16.1. The summed E-state index contributed by atoms with van der Waals surface area (Å²) in [6, 6.07) is 7.83. The summed E-state index contributed by atoms with van der Waals surface area (Å²) in [6.07, 6.45) is 3.28. The van der Waals surface area contributed by atoms with E-state index in [9.17, 15) is 9.90 Å². The van der Waals surface area contributed by atoms with E-state index in [1.165, 1.54) is 0 Å². The van der Waals surface area contributed by atoms with Crippen LogP contribution >= 0.6 is 0 Å². The summed E-state index contributed by atoms with van der Waals surface area (Å²) in [5, 5.41) is 16.6. The number of carbonyl (C=O) groups is 1. The average Bonchev–Trinajstić information content (AvgIpc) is 2.85. The smallest absolute Gasteiger partial charge is 0.220 e. The number of imidazole rings is 1. The standard InChI is InChI=1S/C17H24N4O2/c22-16(19-12-17(23)8-3-10-18-11-9-17)7-6-15-20-13-4-1-2-5-14(13)21-15/h1-2,4-5,18,23H,3,6-12H2,(H,19,22)(H,20,21). The van der Waals surface area contributed by atoms with Gasteiger partial charge in [-0.15, -0.1) is 0 Å². The highest BCUT2D eigenvalue weighted by atomic mass is 16.3. The van der Waals surface area contributed by atoms with Gasteiger partial charge in [0, 0.05) is 19.4 Å². The van der Waals surface area contributed by atoms with E-state index in [1.807, 2.05) is 24.3 Å². The van der Waals surface area contributed by atoms with E-state index in [2.05, 4.69) is 20.6 Å². The number of aryl methyl sites for hydroxylation is 1. The quantitative estimate of drug-likeness (QED) is 0.665. The minimum absolute atomic E-state index is 0.0453. The number of aromatic amines is 1. The minimum Gasteiger partial charge on any atom is -0.388 e. The molecule has 1 amide bonds. The van der Waals surface area contributed by atoms with Gasteiger partial charge in [0.1, 0.15) is 5.82 Å². The molecule has 2 aromatic rings. The molecule has 0 spiro atoms. The van der Waals surface area contributed by atoms with E-state index < -0.39 is 5.60 Å². The van der Waals surface area contributed by atoms with Crippen LogP contribution < -0.4 is 10.6 Å². The Morgan fingerprint density at radius 2 is 2.17 bits per heavy atom. The minimum atomic E-state index is -0.779. The summed E-state index contributed by atoms with van der Waals surface area (Å²) >= 11 is 0. The summed E-state index contributed by atoms with van der Waals surface area (Å²) in [5.41, 5.74) is 1.13. The Morgan fingerprint density at radius 1 is 1.30 bits per heavy atom. The topological polar surface area (TPSA) is 90.0 Å². The molecule has 6 nitrogen and oxygen atoms in total. The van der Waals surface area contributed by atoms with Crippen molar-refractivity contribution in [2.75, 3.05) is 19.6 Å². The van der Waals surface area contributed by atoms with E-state index in [0.717, 1.165) is 42.8 Å². The highest BCUT2D eigenvalue weighted by Crippen LogP contribution is 2.18. The fourth-order valence-corrected chi connectivity index (χ4v) is 3.00. The first-order chi connectivity index (χ1) is 11.1. The van der Waals surface area contributed by atoms with Crippen molar-refractivity contribution in [3.05, 3.63) is 30.1 Å². The van der Waals surface area contributed by atoms with E-state index >= 15 is 0 Å². The van der Waals surface area contributed by atoms with Crippen molar-refractivity contribution in [2.45, 2.75) is 37.7 Å². The molecule has 1 aliphatic rings. The van der Waals surface area contributed by atoms with Crippen molar-refractivity contribution in [2.24, 2.45) is 0 Å². The molecule has 1 aliphatic heterocycles. The highest BCUT2D eigenvalue weighted by molar-refractivity contribution is 5.77. The first-order valence-corrected chi connectivity index (χ1v) is 8.28. The average molecular weight is 316 g/mol. The summed E-state index contributed by atoms with van der Waals surface area (Å²) < 4.78 is 0. The fourth-order valence-electron chi connectivity index (χ4n) is 3.00.